The Morgan fingerprint density at radius 3 is 3.00 bits per heavy atom. The highest BCUT2D eigenvalue weighted by atomic mass is 79.9. The maximum Gasteiger partial charge on any atom is 0.139 e. The molecule has 0 amide bonds. The van der Waals surface area contributed by atoms with Crippen LogP contribution in [0.25, 0.3) is 11.0 Å². The van der Waals surface area contributed by atoms with Crippen molar-refractivity contribution in [1.29, 1.82) is 0 Å². The fourth-order valence-electron chi connectivity index (χ4n) is 2.58. The first-order chi connectivity index (χ1) is 9.38. The molecule has 1 aliphatic rings. The van der Waals surface area contributed by atoms with E-state index in [2.05, 4.69) is 25.8 Å². The lowest BCUT2D eigenvalue weighted by atomic mass is 10.1. The van der Waals surface area contributed by atoms with Crippen molar-refractivity contribution < 1.29 is 9.15 Å². The normalized spacial score (nSPS) is 17.2. The largest absolute Gasteiger partial charge is 0.464 e. The van der Waals surface area contributed by atoms with Crippen LogP contribution in [-0.4, -0.2) is 36.1 Å². The van der Waals surface area contributed by atoms with Crippen molar-refractivity contribution in [1.82, 2.24) is 4.98 Å². The van der Waals surface area contributed by atoms with E-state index in [-0.39, 0.29) is 0 Å². The van der Waals surface area contributed by atoms with Crippen LogP contribution in [0.15, 0.2) is 29.0 Å². The minimum atomic E-state index is 0.386. The minimum Gasteiger partial charge on any atom is -0.464 e. The van der Waals surface area contributed by atoms with Gasteiger partial charge in [-0.1, -0.05) is 15.9 Å². The van der Waals surface area contributed by atoms with Crippen molar-refractivity contribution >= 4 is 32.7 Å². The maximum atomic E-state index is 5.78. The number of nitrogens with zero attached hydrogens (tertiary/aromatic N) is 2. The molecule has 19 heavy (non-hydrogen) atoms. The average molecular weight is 325 g/mol. The molecular formula is C14H17BrN2O2. The molecule has 0 radical (unpaired) electrons. The van der Waals surface area contributed by atoms with Crippen molar-refractivity contribution in [3.8, 4) is 0 Å². The minimum absolute atomic E-state index is 0.386. The van der Waals surface area contributed by atoms with Crippen molar-refractivity contribution in [2.45, 2.75) is 18.9 Å². The summed E-state index contributed by atoms with van der Waals surface area (Å²) in [4.78, 5) is 6.83. The molecule has 0 bridgehead atoms. The number of furan rings is 1. The highest BCUT2D eigenvalue weighted by Gasteiger charge is 2.22. The van der Waals surface area contributed by atoms with Crippen LogP contribution in [0.4, 0.5) is 5.82 Å². The number of piperidine rings is 1. The predicted molar refractivity (Wildman–Crippen MR) is 79.0 cm³/mol. The highest BCUT2D eigenvalue weighted by molar-refractivity contribution is 9.09. The summed E-state index contributed by atoms with van der Waals surface area (Å²) in [5.74, 6) is 1.03. The van der Waals surface area contributed by atoms with Gasteiger partial charge in [0.25, 0.3) is 0 Å². The molecule has 0 atom stereocenters. The standard InChI is InChI=1S/C14H17BrN2O2/c15-5-10-18-11-2-7-17(8-3-11)14-12-4-9-19-13(12)1-6-16-14/h1,4,6,9,11H,2-3,5,7-8,10H2. The van der Waals surface area contributed by atoms with E-state index in [0.717, 1.165) is 54.7 Å². The number of anilines is 1. The third-order valence-electron chi connectivity index (χ3n) is 3.53. The molecule has 1 fully saturated rings. The fraction of sp³-hybridized carbons (Fsp3) is 0.500. The zero-order valence-corrected chi connectivity index (χ0v) is 12.3. The lowest BCUT2D eigenvalue weighted by Crippen LogP contribution is -2.37. The van der Waals surface area contributed by atoms with Gasteiger partial charge in [0.2, 0.25) is 0 Å². The summed E-state index contributed by atoms with van der Waals surface area (Å²) >= 11 is 3.39. The van der Waals surface area contributed by atoms with E-state index in [0.29, 0.717) is 6.10 Å². The Hall–Kier alpha value is -1.07. The summed E-state index contributed by atoms with van der Waals surface area (Å²) in [6, 6.07) is 3.90. The second kappa shape index (κ2) is 5.92. The summed E-state index contributed by atoms with van der Waals surface area (Å²) in [6.45, 7) is 2.77. The first-order valence-electron chi connectivity index (χ1n) is 6.63. The molecule has 3 heterocycles. The first kappa shape index (κ1) is 12.9. The van der Waals surface area contributed by atoms with Crippen molar-refractivity contribution in [2.24, 2.45) is 0 Å². The van der Waals surface area contributed by atoms with Gasteiger partial charge in [-0.2, -0.15) is 0 Å². The summed E-state index contributed by atoms with van der Waals surface area (Å²) in [5, 5.41) is 2.01. The van der Waals surface area contributed by atoms with E-state index in [1.54, 1.807) is 6.26 Å². The van der Waals surface area contributed by atoms with Crippen LogP contribution in [0.1, 0.15) is 12.8 Å². The molecular weight excluding hydrogens is 308 g/mol. The predicted octanol–water partition coefficient (Wildman–Crippen LogP) is 3.21. The molecule has 0 saturated carbocycles. The van der Waals surface area contributed by atoms with E-state index in [1.807, 2.05) is 18.3 Å². The summed E-state index contributed by atoms with van der Waals surface area (Å²) in [6.07, 6.45) is 6.04. The molecule has 3 rings (SSSR count). The van der Waals surface area contributed by atoms with Gasteiger partial charge in [0.15, 0.2) is 0 Å². The van der Waals surface area contributed by atoms with Gasteiger partial charge in [-0.15, -0.1) is 0 Å². The van der Waals surface area contributed by atoms with Crippen LogP contribution in [-0.2, 0) is 4.74 Å². The molecule has 0 aliphatic carbocycles. The number of fused-ring (bicyclic) bond motifs is 1. The van der Waals surface area contributed by atoms with E-state index in [4.69, 9.17) is 9.15 Å². The number of rotatable bonds is 4. The Morgan fingerprint density at radius 1 is 1.37 bits per heavy atom. The molecule has 102 valence electrons. The lowest BCUT2D eigenvalue weighted by Gasteiger charge is -2.32. The smallest absolute Gasteiger partial charge is 0.139 e. The van der Waals surface area contributed by atoms with E-state index in [1.165, 1.54) is 0 Å². The van der Waals surface area contributed by atoms with E-state index < -0.39 is 0 Å². The van der Waals surface area contributed by atoms with Crippen LogP contribution >= 0.6 is 15.9 Å². The van der Waals surface area contributed by atoms with Crippen LogP contribution in [0.3, 0.4) is 0 Å². The van der Waals surface area contributed by atoms with Crippen LogP contribution < -0.4 is 4.90 Å². The molecule has 4 nitrogen and oxygen atoms in total. The van der Waals surface area contributed by atoms with Crippen molar-refractivity contribution in [2.75, 3.05) is 29.9 Å². The Morgan fingerprint density at radius 2 is 2.21 bits per heavy atom. The summed E-state index contributed by atoms with van der Waals surface area (Å²) in [5.41, 5.74) is 0.905. The number of hydrogen-bond acceptors (Lipinski definition) is 4. The van der Waals surface area contributed by atoms with Gasteiger partial charge in [0, 0.05) is 24.6 Å². The van der Waals surface area contributed by atoms with E-state index in [9.17, 15) is 0 Å². The van der Waals surface area contributed by atoms with Gasteiger partial charge in [-0.25, -0.2) is 4.98 Å². The van der Waals surface area contributed by atoms with Crippen LogP contribution in [0, 0.1) is 0 Å². The number of pyridine rings is 1. The Labute approximate surface area is 120 Å². The van der Waals surface area contributed by atoms with Gasteiger partial charge < -0.3 is 14.1 Å². The Kier molecular flexibility index (Phi) is 4.03. The number of hydrogen-bond donors (Lipinski definition) is 0. The maximum absolute atomic E-state index is 5.78. The topological polar surface area (TPSA) is 38.5 Å². The fourth-order valence-corrected chi connectivity index (χ4v) is 2.76. The van der Waals surface area contributed by atoms with Gasteiger partial charge in [0.1, 0.15) is 11.4 Å². The molecule has 0 spiro atoms. The Bertz CT molecular complexity index is 535. The summed E-state index contributed by atoms with van der Waals surface area (Å²) < 4.78 is 11.2. The van der Waals surface area contributed by atoms with Crippen LogP contribution in [0.5, 0.6) is 0 Å². The second-order valence-corrected chi connectivity index (χ2v) is 5.51. The second-order valence-electron chi connectivity index (χ2n) is 4.71. The zero-order chi connectivity index (χ0) is 13.1. The number of aromatic nitrogens is 1. The van der Waals surface area contributed by atoms with Gasteiger partial charge >= 0.3 is 0 Å². The zero-order valence-electron chi connectivity index (χ0n) is 10.7. The molecule has 1 saturated heterocycles. The monoisotopic (exact) mass is 324 g/mol. The Balaban J connectivity index is 1.69. The van der Waals surface area contributed by atoms with Gasteiger partial charge in [-0.05, 0) is 25.0 Å². The summed E-state index contributed by atoms with van der Waals surface area (Å²) in [7, 11) is 0. The van der Waals surface area contributed by atoms with Gasteiger partial charge in [-0.3, -0.25) is 0 Å². The third kappa shape index (κ3) is 2.77. The molecule has 1 aliphatic heterocycles. The van der Waals surface area contributed by atoms with Gasteiger partial charge in [0.05, 0.1) is 24.4 Å². The number of ether oxygens (including phenoxy) is 1. The molecule has 0 aromatic carbocycles. The molecule has 0 N–H and O–H groups in total. The van der Waals surface area contributed by atoms with Crippen LogP contribution in [0.2, 0.25) is 0 Å². The number of halogens is 1. The number of alkyl halides is 1. The SMILES string of the molecule is BrCCOC1CCN(c2nccc3occc23)CC1. The molecule has 0 unspecified atom stereocenters. The quantitative estimate of drug-likeness (QED) is 0.809. The van der Waals surface area contributed by atoms with Crippen molar-refractivity contribution in [3.05, 3.63) is 24.6 Å². The lowest BCUT2D eigenvalue weighted by molar-refractivity contribution is 0.0480. The molecule has 2 aromatic rings. The van der Waals surface area contributed by atoms with Crippen molar-refractivity contribution in [3.63, 3.8) is 0 Å². The molecule has 2 aromatic heterocycles. The first-order valence-corrected chi connectivity index (χ1v) is 7.75. The molecule has 5 heteroatoms. The third-order valence-corrected chi connectivity index (χ3v) is 3.85. The average Bonchev–Trinajstić information content (AvgIpc) is 2.94. The van der Waals surface area contributed by atoms with E-state index >= 15 is 0 Å². The highest BCUT2D eigenvalue weighted by Crippen LogP contribution is 2.27.